The highest BCUT2D eigenvalue weighted by atomic mass is 15.1. The molecule has 314 valence electrons. The molecule has 8 saturated carbocycles. The van der Waals surface area contributed by atoms with Gasteiger partial charge in [-0.2, -0.15) is 0 Å². The molecule has 10 atom stereocenters. The fraction of sp³-hybridized carbons (Fsp3) is 0.508. The largest absolute Gasteiger partial charge is 0.310 e. The molecular weight excluding hydrogens is 747 g/mol. The van der Waals surface area contributed by atoms with Gasteiger partial charge in [0.2, 0.25) is 0 Å². The first-order valence-electron chi connectivity index (χ1n) is 25.2. The molecule has 0 N–H and O–H groups in total. The minimum atomic E-state index is -0.101. The van der Waals surface area contributed by atoms with Crippen molar-refractivity contribution < 1.29 is 0 Å². The summed E-state index contributed by atoms with van der Waals surface area (Å²) in [6.45, 7) is 14.9. The van der Waals surface area contributed by atoms with Gasteiger partial charge in [0.05, 0.1) is 5.69 Å². The van der Waals surface area contributed by atoms with Crippen LogP contribution in [-0.4, -0.2) is 0 Å². The molecule has 62 heavy (non-hydrogen) atoms. The highest BCUT2D eigenvalue weighted by Gasteiger charge is 2.81. The van der Waals surface area contributed by atoms with E-state index in [4.69, 9.17) is 0 Å². The van der Waals surface area contributed by atoms with Crippen molar-refractivity contribution in [2.75, 3.05) is 4.90 Å². The predicted molar refractivity (Wildman–Crippen MR) is 255 cm³/mol. The van der Waals surface area contributed by atoms with E-state index in [2.05, 4.69) is 150 Å². The second-order valence-corrected chi connectivity index (χ2v) is 25.4. The lowest BCUT2D eigenvalue weighted by atomic mass is 9.31. The number of benzene rings is 5. The van der Waals surface area contributed by atoms with Crippen molar-refractivity contribution >= 4 is 17.1 Å². The zero-order chi connectivity index (χ0) is 41.6. The summed E-state index contributed by atoms with van der Waals surface area (Å²) in [6, 6.07) is 42.5. The normalized spacial score (nSPS) is 38.7. The summed E-state index contributed by atoms with van der Waals surface area (Å²) in [4.78, 5) is 2.71. The Hall–Kier alpha value is -4.10. The van der Waals surface area contributed by atoms with E-state index in [1.165, 1.54) is 133 Å². The lowest BCUT2D eigenvalue weighted by Gasteiger charge is -2.73. The fourth-order valence-electron chi connectivity index (χ4n) is 19.8. The van der Waals surface area contributed by atoms with Crippen LogP contribution >= 0.6 is 0 Å². The van der Waals surface area contributed by atoms with Crippen molar-refractivity contribution in [3.63, 3.8) is 0 Å². The maximum absolute atomic E-state index is 2.71. The molecule has 15 rings (SSSR count). The van der Waals surface area contributed by atoms with Crippen LogP contribution in [0, 0.1) is 46.3 Å². The molecular formula is C61H65N. The van der Waals surface area contributed by atoms with E-state index in [9.17, 15) is 0 Å². The molecule has 1 nitrogen and oxygen atoms in total. The Balaban J connectivity index is 0.945. The molecule has 10 unspecified atom stereocenters. The van der Waals surface area contributed by atoms with Crippen LogP contribution in [0.1, 0.15) is 152 Å². The Bertz CT molecular complexity index is 2700. The first-order chi connectivity index (χ1) is 29.8. The van der Waals surface area contributed by atoms with Crippen LogP contribution in [0.5, 0.6) is 0 Å². The molecule has 5 aromatic carbocycles. The second kappa shape index (κ2) is 11.0. The van der Waals surface area contributed by atoms with Gasteiger partial charge in [0.15, 0.2) is 0 Å². The first-order valence-corrected chi connectivity index (χ1v) is 25.2. The summed E-state index contributed by atoms with van der Waals surface area (Å²) in [5.74, 6) is 5.92. The molecule has 0 heterocycles. The van der Waals surface area contributed by atoms with E-state index in [1.54, 1.807) is 16.7 Å². The lowest BCUT2D eigenvalue weighted by molar-refractivity contribution is -0.198. The van der Waals surface area contributed by atoms with Gasteiger partial charge in [0.25, 0.3) is 0 Å². The topological polar surface area (TPSA) is 3.24 Å². The van der Waals surface area contributed by atoms with E-state index in [0.717, 1.165) is 35.5 Å². The highest BCUT2D eigenvalue weighted by molar-refractivity contribution is 5.96. The summed E-state index contributed by atoms with van der Waals surface area (Å²) in [5.41, 5.74) is 21.1. The van der Waals surface area contributed by atoms with Crippen LogP contribution < -0.4 is 4.90 Å². The summed E-state index contributed by atoms with van der Waals surface area (Å²) in [5, 5.41) is 0. The molecule has 8 fully saturated rings. The molecule has 0 amide bonds. The first kappa shape index (κ1) is 36.3. The van der Waals surface area contributed by atoms with E-state index < -0.39 is 0 Å². The van der Waals surface area contributed by atoms with Crippen LogP contribution in [0.25, 0.3) is 22.3 Å². The van der Waals surface area contributed by atoms with Crippen LogP contribution in [0.3, 0.4) is 0 Å². The average Bonchev–Trinajstić information content (AvgIpc) is 4.01. The highest BCUT2D eigenvalue weighted by Crippen LogP contribution is 2.87. The lowest BCUT2D eigenvalue weighted by Crippen LogP contribution is -2.68. The molecule has 0 aliphatic heterocycles. The van der Waals surface area contributed by atoms with Gasteiger partial charge < -0.3 is 4.90 Å². The quantitative estimate of drug-likeness (QED) is 0.165. The Morgan fingerprint density at radius 2 is 0.984 bits per heavy atom. The minimum Gasteiger partial charge on any atom is -0.310 e. The van der Waals surface area contributed by atoms with Gasteiger partial charge in [-0.3, -0.25) is 0 Å². The second-order valence-electron chi connectivity index (χ2n) is 25.4. The maximum Gasteiger partial charge on any atom is 0.0543 e. The average molecular weight is 812 g/mol. The number of nitrogens with zero attached hydrogens (tertiary/aromatic N) is 1. The van der Waals surface area contributed by atoms with E-state index in [1.807, 2.05) is 0 Å². The predicted octanol–water partition coefficient (Wildman–Crippen LogP) is 15.6. The third kappa shape index (κ3) is 3.90. The summed E-state index contributed by atoms with van der Waals surface area (Å²) < 4.78 is 0. The number of hydrogen-bond donors (Lipinski definition) is 0. The van der Waals surface area contributed by atoms with Gasteiger partial charge in [-0.15, -0.1) is 0 Å². The standard InChI is InChI=1S/C61H65N/c1-55(2)22-23-56(3,4)54-47(11-9-13-51(54)55)49-28-48-46-10-7-8-12-50(46)57(5,6)52(48)29-53(49)62(44-18-14-38(15-19-44)58-30-36-24-40-26-42(34-58)60(40,58)32-36)45-20-16-39(17-21-45)59-31-37-25-41-27-43(35-59)61(41,59)33-37/h7-21,28-29,36-37,40-43H,22-27,30-35H2,1-6H3. The molecule has 10 aliphatic carbocycles. The van der Waals surface area contributed by atoms with E-state index in [0.29, 0.717) is 21.7 Å². The van der Waals surface area contributed by atoms with Crippen molar-refractivity contribution in [1.29, 1.82) is 0 Å². The SMILES string of the molecule is CC1(C)CCC(C)(C)c2c(-c3cc4c(cc3N(c3ccc(C56CC7CC8CC(C5)C86C7)cc3)c3ccc(C56CC7CC8CC(C5)C86C7)cc3)C(C)(C)c3ccccc3-4)cccc21. The van der Waals surface area contributed by atoms with E-state index >= 15 is 0 Å². The number of hydrogen-bond acceptors (Lipinski definition) is 1. The zero-order valence-corrected chi connectivity index (χ0v) is 38.2. The van der Waals surface area contributed by atoms with E-state index in [-0.39, 0.29) is 16.2 Å². The van der Waals surface area contributed by atoms with Gasteiger partial charge in [-0.05, 0) is 221 Å². The fourth-order valence-corrected chi connectivity index (χ4v) is 19.8. The number of anilines is 3. The van der Waals surface area contributed by atoms with Crippen molar-refractivity contribution in [2.45, 2.75) is 146 Å². The Kier molecular flexibility index (Phi) is 6.46. The van der Waals surface area contributed by atoms with Crippen molar-refractivity contribution in [3.05, 3.63) is 137 Å². The zero-order valence-electron chi connectivity index (χ0n) is 38.2. The Morgan fingerprint density at radius 1 is 0.435 bits per heavy atom. The molecule has 2 spiro atoms. The molecule has 0 saturated heterocycles. The molecule has 5 aromatic rings. The van der Waals surface area contributed by atoms with Crippen LogP contribution in [0.2, 0.25) is 0 Å². The summed E-state index contributed by atoms with van der Waals surface area (Å²) in [6.07, 6.45) is 17.3. The number of fused-ring (bicyclic) bond motifs is 6. The minimum absolute atomic E-state index is 0.0713. The van der Waals surface area contributed by atoms with Gasteiger partial charge >= 0.3 is 0 Å². The molecule has 0 aromatic heterocycles. The van der Waals surface area contributed by atoms with Gasteiger partial charge in [0.1, 0.15) is 0 Å². The number of rotatable bonds is 6. The van der Waals surface area contributed by atoms with Crippen molar-refractivity contribution in [3.8, 4) is 22.3 Å². The summed E-state index contributed by atoms with van der Waals surface area (Å²) >= 11 is 0. The van der Waals surface area contributed by atoms with Crippen LogP contribution in [0.15, 0.2) is 103 Å². The monoisotopic (exact) mass is 812 g/mol. The molecule has 0 radical (unpaired) electrons. The van der Waals surface area contributed by atoms with Crippen molar-refractivity contribution in [1.82, 2.24) is 0 Å². The van der Waals surface area contributed by atoms with Crippen LogP contribution in [-0.2, 0) is 27.1 Å². The smallest absolute Gasteiger partial charge is 0.0543 e. The Labute approximate surface area is 371 Å². The third-order valence-electron chi connectivity index (χ3n) is 22.2. The maximum atomic E-state index is 2.71. The van der Waals surface area contributed by atoms with Gasteiger partial charge in [0, 0.05) is 33.2 Å². The van der Waals surface area contributed by atoms with Crippen molar-refractivity contribution in [2.24, 2.45) is 46.3 Å². The molecule has 1 heteroatoms. The third-order valence-corrected chi connectivity index (χ3v) is 22.2. The molecule has 10 aliphatic rings. The van der Waals surface area contributed by atoms with Gasteiger partial charge in [-0.1, -0.05) is 108 Å². The molecule has 4 bridgehead atoms. The van der Waals surface area contributed by atoms with Crippen LogP contribution in [0.4, 0.5) is 17.1 Å². The van der Waals surface area contributed by atoms with Gasteiger partial charge in [-0.25, -0.2) is 0 Å². The summed E-state index contributed by atoms with van der Waals surface area (Å²) in [7, 11) is 0. The Morgan fingerprint density at radius 3 is 1.56 bits per heavy atom.